The zero-order valence-electron chi connectivity index (χ0n) is 13.7. The van der Waals surface area contributed by atoms with Crippen molar-refractivity contribution in [2.24, 2.45) is 0 Å². The molecule has 2 aromatic rings. The number of amides is 1. The van der Waals surface area contributed by atoms with Gasteiger partial charge in [0, 0.05) is 32.0 Å². The Balaban J connectivity index is 1.96. The lowest BCUT2D eigenvalue weighted by molar-refractivity contribution is 0.0748. The van der Waals surface area contributed by atoms with Crippen LogP contribution < -0.4 is 5.32 Å². The van der Waals surface area contributed by atoms with Crippen LogP contribution in [0.2, 0.25) is 0 Å². The van der Waals surface area contributed by atoms with Crippen molar-refractivity contribution < 1.29 is 4.79 Å². The fraction of sp³-hybridized carbons (Fsp3) is 0.412. The third-order valence-electron chi connectivity index (χ3n) is 3.35. The van der Waals surface area contributed by atoms with Gasteiger partial charge in [-0.15, -0.1) is 10.2 Å². The monoisotopic (exact) mass is 313 g/mol. The SMILES string of the molecule is CCCN(CCC)C(=O)c1ccc(NCc2cccnc2)nn1. The number of carbonyl (C=O) groups is 1. The van der Waals surface area contributed by atoms with Crippen LogP contribution >= 0.6 is 0 Å². The van der Waals surface area contributed by atoms with Crippen LogP contribution in [0.3, 0.4) is 0 Å². The minimum Gasteiger partial charge on any atom is -0.364 e. The van der Waals surface area contributed by atoms with Gasteiger partial charge in [0.1, 0.15) is 5.82 Å². The average Bonchev–Trinajstić information content (AvgIpc) is 2.60. The molecule has 0 radical (unpaired) electrons. The summed E-state index contributed by atoms with van der Waals surface area (Å²) in [6, 6.07) is 7.38. The summed E-state index contributed by atoms with van der Waals surface area (Å²) in [5.41, 5.74) is 1.45. The van der Waals surface area contributed by atoms with Crippen molar-refractivity contribution in [2.45, 2.75) is 33.2 Å². The highest BCUT2D eigenvalue weighted by molar-refractivity contribution is 5.92. The van der Waals surface area contributed by atoms with Gasteiger partial charge >= 0.3 is 0 Å². The molecule has 0 atom stereocenters. The second-order valence-electron chi connectivity index (χ2n) is 5.31. The third kappa shape index (κ3) is 5.02. The van der Waals surface area contributed by atoms with E-state index in [1.165, 1.54) is 0 Å². The quantitative estimate of drug-likeness (QED) is 0.811. The maximum absolute atomic E-state index is 12.4. The molecule has 1 N–H and O–H groups in total. The number of nitrogens with zero attached hydrogens (tertiary/aromatic N) is 4. The molecule has 0 aliphatic rings. The number of pyridine rings is 1. The first-order valence-electron chi connectivity index (χ1n) is 8.00. The van der Waals surface area contributed by atoms with Gasteiger partial charge in [0.2, 0.25) is 0 Å². The Bertz CT molecular complexity index is 594. The Kier molecular flexibility index (Phi) is 6.47. The van der Waals surface area contributed by atoms with E-state index in [4.69, 9.17) is 0 Å². The molecule has 122 valence electrons. The average molecular weight is 313 g/mol. The lowest BCUT2D eigenvalue weighted by Gasteiger charge is -2.20. The van der Waals surface area contributed by atoms with Crippen LogP contribution in [0.4, 0.5) is 5.82 Å². The number of rotatable bonds is 8. The molecule has 23 heavy (non-hydrogen) atoms. The number of nitrogens with one attached hydrogen (secondary N) is 1. The van der Waals surface area contributed by atoms with Crippen LogP contribution in [0, 0.1) is 0 Å². The van der Waals surface area contributed by atoms with Gasteiger partial charge in [0.15, 0.2) is 5.69 Å². The summed E-state index contributed by atoms with van der Waals surface area (Å²) in [6.07, 6.45) is 5.40. The van der Waals surface area contributed by atoms with Crippen LogP contribution in [0.25, 0.3) is 0 Å². The molecule has 0 saturated heterocycles. The largest absolute Gasteiger partial charge is 0.364 e. The third-order valence-corrected chi connectivity index (χ3v) is 3.35. The molecule has 0 aromatic carbocycles. The van der Waals surface area contributed by atoms with E-state index in [0.717, 1.165) is 31.5 Å². The van der Waals surface area contributed by atoms with E-state index in [2.05, 4.69) is 34.3 Å². The smallest absolute Gasteiger partial charge is 0.274 e. The maximum atomic E-state index is 12.4. The minimum atomic E-state index is -0.0555. The van der Waals surface area contributed by atoms with E-state index < -0.39 is 0 Å². The van der Waals surface area contributed by atoms with Gasteiger partial charge in [-0.3, -0.25) is 9.78 Å². The normalized spacial score (nSPS) is 10.3. The molecule has 2 heterocycles. The van der Waals surface area contributed by atoms with Gasteiger partial charge in [-0.25, -0.2) is 0 Å². The standard InChI is InChI=1S/C17H23N5O/c1-3-10-22(11-4-2)17(23)15-7-8-16(21-20-15)19-13-14-6-5-9-18-12-14/h5-9,12H,3-4,10-11,13H2,1-2H3,(H,19,21). The van der Waals surface area contributed by atoms with Crippen molar-refractivity contribution in [1.82, 2.24) is 20.1 Å². The number of hydrogen-bond acceptors (Lipinski definition) is 5. The summed E-state index contributed by atoms with van der Waals surface area (Å²) >= 11 is 0. The van der Waals surface area contributed by atoms with Gasteiger partial charge in [-0.2, -0.15) is 0 Å². The van der Waals surface area contributed by atoms with E-state index in [-0.39, 0.29) is 5.91 Å². The minimum absolute atomic E-state index is 0.0555. The number of anilines is 1. The van der Waals surface area contributed by atoms with E-state index >= 15 is 0 Å². The molecule has 0 aliphatic carbocycles. The van der Waals surface area contributed by atoms with Gasteiger partial charge in [-0.05, 0) is 36.6 Å². The predicted octanol–water partition coefficient (Wildman–Crippen LogP) is 2.75. The highest BCUT2D eigenvalue weighted by atomic mass is 16.2. The summed E-state index contributed by atoms with van der Waals surface area (Å²) in [5.74, 6) is 0.586. The molecular formula is C17H23N5O. The summed E-state index contributed by atoms with van der Waals surface area (Å²) in [6.45, 7) is 6.23. The molecule has 2 aromatic heterocycles. The van der Waals surface area contributed by atoms with Crippen molar-refractivity contribution in [3.63, 3.8) is 0 Å². The topological polar surface area (TPSA) is 71.0 Å². The fourth-order valence-electron chi connectivity index (χ4n) is 2.25. The first kappa shape index (κ1) is 16.9. The summed E-state index contributed by atoms with van der Waals surface area (Å²) in [5, 5.41) is 11.3. The highest BCUT2D eigenvalue weighted by Gasteiger charge is 2.15. The first-order valence-corrected chi connectivity index (χ1v) is 8.00. The molecule has 6 heteroatoms. The molecule has 0 unspecified atom stereocenters. The molecule has 0 bridgehead atoms. The molecule has 0 fully saturated rings. The number of carbonyl (C=O) groups excluding carboxylic acids is 1. The van der Waals surface area contributed by atoms with Crippen LogP contribution in [0.1, 0.15) is 42.7 Å². The summed E-state index contributed by atoms with van der Waals surface area (Å²) < 4.78 is 0. The number of hydrogen-bond donors (Lipinski definition) is 1. The lowest BCUT2D eigenvalue weighted by atomic mass is 10.2. The second-order valence-corrected chi connectivity index (χ2v) is 5.31. The van der Waals surface area contributed by atoms with Crippen LogP contribution in [-0.2, 0) is 6.54 Å². The van der Waals surface area contributed by atoms with Crippen molar-refractivity contribution >= 4 is 11.7 Å². The first-order chi connectivity index (χ1) is 11.2. The maximum Gasteiger partial charge on any atom is 0.274 e. The predicted molar refractivity (Wildman–Crippen MR) is 90.1 cm³/mol. The second kappa shape index (κ2) is 8.82. The van der Waals surface area contributed by atoms with Crippen LogP contribution in [-0.4, -0.2) is 39.1 Å². The summed E-state index contributed by atoms with van der Waals surface area (Å²) in [4.78, 5) is 18.3. The van der Waals surface area contributed by atoms with Crippen LogP contribution in [0.5, 0.6) is 0 Å². The Morgan fingerprint density at radius 1 is 1.13 bits per heavy atom. The van der Waals surface area contributed by atoms with Gasteiger partial charge in [0.05, 0.1) is 0 Å². The van der Waals surface area contributed by atoms with E-state index in [1.54, 1.807) is 24.5 Å². The molecule has 6 nitrogen and oxygen atoms in total. The van der Waals surface area contributed by atoms with E-state index in [1.807, 2.05) is 17.0 Å². The van der Waals surface area contributed by atoms with Crippen molar-refractivity contribution in [3.8, 4) is 0 Å². The zero-order valence-corrected chi connectivity index (χ0v) is 13.7. The van der Waals surface area contributed by atoms with Gasteiger partial charge in [0.25, 0.3) is 5.91 Å². The molecule has 0 spiro atoms. The Morgan fingerprint density at radius 2 is 1.91 bits per heavy atom. The highest BCUT2D eigenvalue weighted by Crippen LogP contribution is 2.08. The Hall–Kier alpha value is -2.50. The van der Waals surface area contributed by atoms with E-state index in [9.17, 15) is 4.79 Å². The Labute approximate surface area is 137 Å². The van der Waals surface area contributed by atoms with E-state index in [0.29, 0.717) is 18.1 Å². The fourth-order valence-corrected chi connectivity index (χ4v) is 2.25. The molecule has 1 amide bonds. The Morgan fingerprint density at radius 3 is 2.48 bits per heavy atom. The number of aromatic nitrogens is 3. The molecule has 0 aliphatic heterocycles. The van der Waals surface area contributed by atoms with Crippen LogP contribution in [0.15, 0.2) is 36.7 Å². The van der Waals surface area contributed by atoms with Crippen molar-refractivity contribution in [1.29, 1.82) is 0 Å². The van der Waals surface area contributed by atoms with Gasteiger partial charge in [-0.1, -0.05) is 19.9 Å². The lowest BCUT2D eigenvalue weighted by Crippen LogP contribution is -2.33. The van der Waals surface area contributed by atoms with Gasteiger partial charge < -0.3 is 10.2 Å². The molecular weight excluding hydrogens is 290 g/mol. The van der Waals surface area contributed by atoms with Crippen molar-refractivity contribution in [2.75, 3.05) is 18.4 Å². The molecule has 0 saturated carbocycles. The summed E-state index contributed by atoms with van der Waals surface area (Å²) in [7, 11) is 0. The molecule has 2 rings (SSSR count). The van der Waals surface area contributed by atoms with Crippen molar-refractivity contribution in [3.05, 3.63) is 47.9 Å². The zero-order chi connectivity index (χ0) is 16.5.